The maximum absolute atomic E-state index is 12.4. The van der Waals surface area contributed by atoms with Crippen LogP contribution in [0, 0.1) is 0 Å². The first-order valence-corrected chi connectivity index (χ1v) is 7.11. The molecule has 1 atom stereocenters. The average molecular weight is 297 g/mol. The number of carboxylic acids is 1. The van der Waals surface area contributed by atoms with Crippen LogP contribution in [-0.2, 0) is 11.2 Å². The first kappa shape index (κ1) is 14.8. The molecule has 0 spiro atoms. The van der Waals surface area contributed by atoms with Crippen LogP contribution in [0.5, 0.6) is 0 Å². The molecule has 1 aliphatic heterocycles. The number of rotatable bonds is 4. The summed E-state index contributed by atoms with van der Waals surface area (Å²) in [6.45, 7) is 2.49. The van der Waals surface area contributed by atoms with E-state index in [9.17, 15) is 9.59 Å². The minimum absolute atomic E-state index is 0.269. The Morgan fingerprint density at radius 2 is 2.25 bits per heavy atom. The minimum atomic E-state index is -0.954. The number of aliphatic carboxylic acids is 1. The third kappa shape index (κ3) is 3.10. The van der Waals surface area contributed by atoms with Crippen LogP contribution < -0.4 is 0 Å². The SMILES string of the molecule is CCCc1cc(C(=O)N2CCCC2C(=O)O)cc(Cl)n1. The second kappa shape index (κ2) is 6.22. The lowest BCUT2D eigenvalue weighted by Gasteiger charge is -2.21. The molecule has 1 amide bonds. The van der Waals surface area contributed by atoms with E-state index in [1.807, 2.05) is 6.92 Å². The summed E-state index contributed by atoms with van der Waals surface area (Å²) in [5.41, 5.74) is 1.18. The number of carbonyl (C=O) groups is 2. The monoisotopic (exact) mass is 296 g/mol. The van der Waals surface area contributed by atoms with Crippen LogP contribution >= 0.6 is 11.6 Å². The number of hydrogen-bond donors (Lipinski definition) is 1. The third-order valence-electron chi connectivity index (χ3n) is 3.40. The lowest BCUT2D eigenvalue weighted by atomic mass is 10.1. The maximum atomic E-state index is 12.4. The summed E-state index contributed by atoms with van der Waals surface area (Å²) in [4.78, 5) is 29.2. The molecule has 0 bridgehead atoms. The molecule has 1 fully saturated rings. The number of nitrogens with zero attached hydrogens (tertiary/aromatic N) is 2. The fourth-order valence-electron chi connectivity index (χ4n) is 2.49. The Labute approximate surface area is 122 Å². The zero-order valence-corrected chi connectivity index (χ0v) is 12.1. The quantitative estimate of drug-likeness (QED) is 0.866. The van der Waals surface area contributed by atoms with Gasteiger partial charge >= 0.3 is 5.97 Å². The van der Waals surface area contributed by atoms with E-state index in [0.717, 1.165) is 18.5 Å². The van der Waals surface area contributed by atoms with Crippen LogP contribution in [0.15, 0.2) is 12.1 Å². The molecule has 6 heteroatoms. The van der Waals surface area contributed by atoms with E-state index >= 15 is 0 Å². The van der Waals surface area contributed by atoms with E-state index < -0.39 is 12.0 Å². The molecule has 1 aromatic heterocycles. The standard InChI is InChI=1S/C14H17ClN2O3/c1-2-4-10-7-9(8-12(15)16-10)13(18)17-6-3-5-11(17)14(19)20/h7-8,11H,2-6H2,1H3,(H,19,20). The largest absolute Gasteiger partial charge is 0.480 e. The van der Waals surface area contributed by atoms with Crippen molar-refractivity contribution in [3.63, 3.8) is 0 Å². The maximum Gasteiger partial charge on any atom is 0.326 e. The van der Waals surface area contributed by atoms with Crippen LogP contribution in [0.2, 0.25) is 5.15 Å². The van der Waals surface area contributed by atoms with Crippen LogP contribution in [0.25, 0.3) is 0 Å². The predicted molar refractivity (Wildman–Crippen MR) is 74.9 cm³/mol. The third-order valence-corrected chi connectivity index (χ3v) is 3.59. The summed E-state index contributed by atoms with van der Waals surface area (Å²) in [6, 6.07) is 2.47. The van der Waals surface area contributed by atoms with Crippen LogP contribution in [0.3, 0.4) is 0 Å². The molecule has 2 rings (SSSR count). The summed E-state index contributed by atoms with van der Waals surface area (Å²) < 4.78 is 0. The van der Waals surface area contributed by atoms with Gasteiger partial charge in [0.05, 0.1) is 0 Å². The van der Waals surface area contributed by atoms with E-state index in [1.54, 1.807) is 6.07 Å². The van der Waals surface area contributed by atoms with Crippen molar-refractivity contribution < 1.29 is 14.7 Å². The average Bonchev–Trinajstić information content (AvgIpc) is 2.86. The lowest BCUT2D eigenvalue weighted by Crippen LogP contribution is -2.40. The number of carbonyl (C=O) groups excluding carboxylic acids is 1. The molecule has 0 saturated carbocycles. The zero-order chi connectivity index (χ0) is 14.7. The number of likely N-dealkylation sites (tertiary alicyclic amines) is 1. The number of hydrogen-bond acceptors (Lipinski definition) is 3. The Morgan fingerprint density at radius 1 is 1.50 bits per heavy atom. The van der Waals surface area contributed by atoms with Gasteiger partial charge in [-0.2, -0.15) is 0 Å². The molecule has 1 saturated heterocycles. The van der Waals surface area contributed by atoms with E-state index in [-0.39, 0.29) is 11.1 Å². The number of pyridine rings is 1. The highest BCUT2D eigenvalue weighted by Gasteiger charge is 2.34. The van der Waals surface area contributed by atoms with Gasteiger partial charge in [0.15, 0.2) is 0 Å². The van der Waals surface area contributed by atoms with Gasteiger partial charge in [0.1, 0.15) is 11.2 Å². The van der Waals surface area contributed by atoms with Crippen molar-refractivity contribution in [3.05, 3.63) is 28.5 Å². The number of carboxylic acid groups (broad SMARTS) is 1. The summed E-state index contributed by atoms with van der Waals surface area (Å²) in [5, 5.41) is 9.41. The Balaban J connectivity index is 2.26. The van der Waals surface area contributed by atoms with Gasteiger partial charge < -0.3 is 10.0 Å². The summed E-state index contributed by atoms with van der Waals surface area (Å²) in [6.07, 6.45) is 2.86. The summed E-state index contributed by atoms with van der Waals surface area (Å²) in [5.74, 6) is -1.23. The zero-order valence-electron chi connectivity index (χ0n) is 11.3. The Kier molecular flexibility index (Phi) is 4.60. The molecule has 1 aromatic rings. The summed E-state index contributed by atoms with van der Waals surface area (Å²) >= 11 is 5.94. The molecule has 1 aliphatic rings. The topological polar surface area (TPSA) is 70.5 Å². The van der Waals surface area contributed by atoms with Gasteiger partial charge in [-0.1, -0.05) is 24.9 Å². The molecule has 5 nitrogen and oxygen atoms in total. The minimum Gasteiger partial charge on any atom is -0.480 e. The van der Waals surface area contributed by atoms with Crippen LogP contribution in [-0.4, -0.2) is 39.5 Å². The fourth-order valence-corrected chi connectivity index (χ4v) is 2.72. The molecule has 1 unspecified atom stereocenters. The second-order valence-corrected chi connectivity index (χ2v) is 5.30. The fraction of sp³-hybridized carbons (Fsp3) is 0.500. The van der Waals surface area contributed by atoms with Gasteiger partial charge in [-0.05, 0) is 31.4 Å². The van der Waals surface area contributed by atoms with Gasteiger partial charge in [0.2, 0.25) is 0 Å². The highest BCUT2D eigenvalue weighted by Crippen LogP contribution is 2.22. The molecular formula is C14H17ClN2O3. The van der Waals surface area contributed by atoms with E-state index in [0.29, 0.717) is 24.9 Å². The highest BCUT2D eigenvalue weighted by molar-refractivity contribution is 6.29. The van der Waals surface area contributed by atoms with Crippen LogP contribution in [0.1, 0.15) is 42.2 Å². The Morgan fingerprint density at radius 3 is 2.90 bits per heavy atom. The lowest BCUT2D eigenvalue weighted by molar-refractivity contribution is -0.141. The highest BCUT2D eigenvalue weighted by atomic mass is 35.5. The van der Waals surface area contributed by atoms with Gasteiger partial charge in [0.25, 0.3) is 5.91 Å². The van der Waals surface area contributed by atoms with Crippen LogP contribution in [0.4, 0.5) is 0 Å². The molecule has 108 valence electrons. The smallest absolute Gasteiger partial charge is 0.326 e. The van der Waals surface area contributed by atoms with Gasteiger partial charge in [0, 0.05) is 17.8 Å². The van der Waals surface area contributed by atoms with Crippen molar-refractivity contribution in [2.24, 2.45) is 0 Å². The van der Waals surface area contributed by atoms with E-state index in [4.69, 9.17) is 16.7 Å². The number of halogens is 1. The number of amides is 1. The molecule has 1 N–H and O–H groups in total. The van der Waals surface area contributed by atoms with Crippen molar-refractivity contribution in [3.8, 4) is 0 Å². The molecule has 0 aromatic carbocycles. The van der Waals surface area contributed by atoms with Crippen molar-refractivity contribution >= 4 is 23.5 Å². The van der Waals surface area contributed by atoms with E-state index in [1.165, 1.54) is 11.0 Å². The number of aromatic nitrogens is 1. The van der Waals surface area contributed by atoms with Crippen molar-refractivity contribution in [1.82, 2.24) is 9.88 Å². The summed E-state index contributed by atoms with van der Waals surface area (Å²) in [7, 11) is 0. The van der Waals surface area contributed by atoms with Gasteiger partial charge in [-0.15, -0.1) is 0 Å². The molecule has 0 aliphatic carbocycles. The van der Waals surface area contributed by atoms with Crippen molar-refractivity contribution in [1.29, 1.82) is 0 Å². The van der Waals surface area contributed by atoms with Crippen molar-refractivity contribution in [2.45, 2.75) is 38.6 Å². The normalized spacial score (nSPS) is 18.3. The van der Waals surface area contributed by atoms with Gasteiger partial charge in [-0.25, -0.2) is 9.78 Å². The van der Waals surface area contributed by atoms with Gasteiger partial charge in [-0.3, -0.25) is 4.79 Å². The first-order chi connectivity index (χ1) is 9.52. The van der Waals surface area contributed by atoms with E-state index in [2.05, 4.69) is 4.98 Å². The molecule has 2 heterocycles. The predicted octanol–water partition coefficient (Wildman–Crippen LogP) is 2.38. The first-order valence-electron chi connectivity index (χ1n) is 6.73. The molecule has 20 heavy (non-hydrogen) atoms. The Bertz CT molecular complexity index is 533. The second-order valence-electron chi connectivity index (χ2n) is 4.91. The Hall–Kier alpha value is -1.62. The molecule has 0 radical (unpaired) electrons. The van der Waals surface area contributed by atoms with Crippen molar-refractivity contribution in [2.75, 3.05) is 6.54 Å². The molecular weight excluding hydrogens is 280 g/mol. The number of aryl methyl sites for hydroxylation is 1.